The van der Waals surface area contributed by atoms with Crippen LogP contribution in [0.3, 0.4) is 0 Å². The molecule has 0 bridgehead atoms. The molecule has 35 heavy (non-hydrogen) atoms. The second kappa shape index (κ2) is 10.00. The fraction of sp³-hybridized carbons (Fsp3) is 0.536. The average molecular weight is 498 g/mol. The number of aryl methyl sites for hydroxylation is 1. The van der Waals surface area contributed by atoms with Gasteiger partial charge in [-0.1, -0.05) is 42.3 Å². The molecule has 2 aromatic rings. The Bertz CT molecular complexity index is 1030. The molecule has 0 aromatic heterocycles. The fourth-order valence-corrected chi connectivity index (χ4v) is 6.27. The first-order valence-corrected chi connectivity index (χ1v) is 13.3. The van der Waals surface area contributed by atoms with Crippen LogP contribution in [0.2, 0.25) is 5.02 Å². The van der Waals surface area contributed by atoms with Crippen LogP contribution in [0.15, 0.2) is 48.5 Å². The van der Waals surface area contributed by atoms with Gasteiger partial charge in [0.05, 0.1) is 11.7 Å². The molecule has 0 radical (unpaired) electrons. The van der Waals surface area contributed by atoms with Crippen LogP contribution >= 0.6 is 11.6 Å². The van der Waals surface area contributed by atoms with Crippen molar-refractivity contribution in [2.45, 2.75) is 69.1 Å². The normalized spacial score (nSPS) is 22.7. The van der Waals surface area contributed by atoms with E-state index in [0.717, 1.165) is 69.3 Å². The molecule has 1 spiro atoms. The van der Waals surface area contributed by atoms with Gasteiger partial charge in [0, 0.05) is 25.3 Å². The molecule has 7 heteroatoms. The molecule has 6 nitrogen and oxygen atoms in total. The fourth-order valence-electron chi connectivity index (χ4n) is 6.11. The maximum absolute atomic E-state index is 13.0. The van der Waals surface area contributed by atoms with Gasteiger partial charge >= 0.3 is 0 Å². The molecule has 3 fully saturated rings. The van der Waals surface area contributed by atoms with Crippen molar-refractivity contribution < 1.29 is 14.6 Å². The number of para-hydroxylation sites is 1. The van der Waals surface area contributed by atoms with Crippen molar-refractivity contribution >= 4 is 23.2 Å². The van der Waals surface area contributed by atoms with Crippen LogP contribution in [0.1, 0.15) is 50.5 Å². The van der Waals surface area contributed by atoms with Crippen LogP contribution in [-0.4, -0.2) is 59.5 Å². The number of carbonyl (C=O) groups excluding carboxylic acids is 1. The lowest BCUT2D eigenvalue weighted by molar-refractivity contribution is -0.125. The van der Waals surface area contributed by atoms with Gasteiger partial charge in [-0.25, -0.2) is 0 Å². The van der Waals surface area contributed by atoms with Gasteiger partial charge in [0.25, 0.3) is 0 Å². The highest BCUT2D eigenvalue weighted by atomic mass is 35.5. The zero-order valence-electron chi connectivity index (χ0n) is 20.5. The van der Waals surface area contributed by atoms with Crippen LogP contribution in [0.5, 0.6) is 5.75 Å². The predicted molar refractivity (Wildman–Crippen MR) is 139 cm³/mol. The van der Waals surface area contributed by atoms with Crippen molar-refractivity contribution in [1.82, 2.24) is 10.2 Å². The number of aliphatic hydroxyl groups is 1. The maximum Gasteiger partial charge on any atom is 0.247 e. The summed E-state index contributed by atoms with van der Waals surface area (Å²) in [5.41, 5.74) is 1.01. The minimum absolute atomic E-state index is 0.114. The van der Waals surface area contributed by atoms with Crippen LogP contribution < -0.4 is 15.0 Å². The van der Waals surface area contributed by atoms with E-state index in [1.54, 1.807) is 0 Å². The lowest BCUT2D eigenvalue weighted by Crippen LogP contribution is -2.59. The number of anilines is 1. The van der Waals surface area contributed by atoms with E-state index in [1.807, 2.05) is 43.3 Å². The summed E-state index contributed by atoms with van der Waals surface area (Å²) in [6, 6.07) is 16.0. The third-order valence-electron chi connectivity index (χ3n) is 8.23. The molecule has 1 atom stereocenters. The van der Waals surface area contributed by atoms with Crippen molar-refractivity contribution in [3.05, 3.63) is 59.1 Å². The SMILES string of the molecule is Cc1ccc(Cl)c(OC2(C(O)CN3CCC4(CC3)C(=O)NCN4c3ccccc3)CCCCC2)c1. The van der Waals surface area contributed by atoms with Crippen LogP contribution in [0, 0.1) is 6.92 Å². The summed E-state index contributed by atoms with van der Waals surface area (Å²) in [5.74, 6) is 0.772. The van der Waals surface area contributed by atoms with E-state index in [9.17, 15) is 9.90 Å². The Hall–Kier alpha value is -2.28. The number of likely N-dealkylation sites (tertiary alicyclic amines) is 1. The third-order valence-corrected chi connectivity index (χ3v) is 8.54. The van der Waals surface area contributed by atoms with Gasteiger partial charge in [0.15, 0.2) is 0 Å². The molecule has 5 rings (SSSR count). The summed E-state index contributed by atoms with van der Waals surface area (Å²) in [5, 5.41) is 15.2. The van der Waals surface area contributed by atoms with Gasteiger partial charge in [-0.2, -0.15) is 0 Å². The number of rotatable bonds is 6. The molecule has 3 aliphatic rings. The number of hydrogen-bond acceptors (Lipinski definition) is 5. The van der Waals surface area contributed by atoms with Gasteiger partial charge in [0.2, 0.25) is 5.91 Å². The highest BCUT2D eigenvalue weighted by Gasteiger charge is 2.51. The number of benzene rings is 2. The zero-order chi connectivity index (χ0) is 24.5. The first kappa shape index (κ1) is 24.4. The summed E-state index contributed by atoms with van der Waals surface area (Å²) in [6.45, 7) is 4.62. The lowest BCUT2D eigenvalue weighted by Gasteiger charge is -2.46. The Balaban J connectivity index is 1.28. The predicted octanol–water partition coefficient (Wildman–Crippen LogP) is 4.52. The van der Waals surface area contributed by atoms with Gasteiger partial charge < -0.3 is 25.0 Å². The number of amides is 1. The Labute approximate surface area is 213 Å². The highest BCUT2D eigenvalue weighted by molar-refractivity contribution is 6.32. The minimum atomic E-state index is -0.633. The number of nitrogens with zero attached hydrogens (tertiary/aromatic N) is 2. The number of ether oxygens (including phenoxy) is 1. The zero-order valence-corrected chi connectivity index (χ0v) is 21.3. The van der Waals surface area contributed by atoms with Crippen LogP contribution in [0.25, 0.3) is 0 Å². The first-order chi connectivity index (χ1) is 16.9. The van der Waals surface area contributed by atoms with Gasteiger partial charge in [-0.3, -0.25) is 4.79 Å². The average Bonchev–Trinajstić information content (AvgIpc) is 3.19. The van der Waals surface area contributed by atoms with E-state index in [2.05, 4.69) is 27.2 Å². The summed E-state index contributed by atoms with van der Waals surface area (Å²) >= 11 is 6.46. The van der Waals surface area contributed by atoms with E-state index >= 15 is 0 Å². The molecule has 2 aliphatic heterocycles. The summed E-state index contributed by atoms with van der Waals surface area (Å²) in [6.07, 6.45) is 5.72. The monoisotopic (exact) mass is 497 g/mol. The minimum Gasteiger partial charge on any atom is -0.483 e. The number of hydrogen-bond donors (Lipinski definition) is 2. The maximum atomic E-state index is 13.0. The first-order valence-electron chi connectivity index (χ1n) is 12.9. The number of halogens is 1. The summed E-state index contributed by atoms with van der Waals surface area (Å²) in [4.78, 5) is 17.5. The molecule has 2 heterocycles. The van der Waals surface area contributed by atoms with Gasteiger partial charge in [0.1, 0.15) is 23.0 Å². The third kappa shape index (κ3) is 4.76. The highest BCUT2D eigenvalue weighted by Crippen LogP contribution is 2.40. The number of nitrogens with one attached hydrogen (secondary N) is 1. The number of β-amino-alcohol motifs (C(OH)–C–C–N with tert-alkyl or cyclic N) is 1. The Kier molecular flexibility index (Phi) is 6.97. The molecule has 1 saturated carbocycles. The van der Waals surface area contributed by atoms with Crippen LogP contribution in [-0.2, 0) is 4.79 Å². The standard InChI is InChI=1S/C28H36ClN3O3/c1-21-10-11-23(29)24(18-21)35-28(12-6-3-7-13-28)25(33)19-31-16-14-27(15-17-31)26(34)30-20-32(27)22-8-4-2-5-9-22/h2,4-5,8-11,18,25,33H,3,6-7,12-17,19-20H2,1H3,(H,30,34). The van der Waals surface area contributed by atoms with Crippen molar-refractivity contribution in [1.29, 1.82) is 0 Å². The van der Waals surface area contributed by atoms with E-state index in [0.29, 0.717) is 24.0 Å². The Morgan fingerprint density at radius 3 is 2.49 bits per heavy atom. The molecular weight excluding hydrogens is 462 g/mol. The van der Waals surface area contributed by atoms with E-state index in [4.69, 9.17) is 16.3 Å². The van der Waals surface area contributed by atoms with Crippen molar-refractivity contribution in [3.8, 4) is 5.75 Å². The molecule has 1 amide bonds. The smallest absolute Gasteiger partial charge is 0.247 e. The number of carbonyl (C=O) groups is 1. The summed E-state index contributed by atoms with van der Waals surface area (Å²) < 4.78 is 6.56. The summed E-state index contributed by atoms with van der Waals surface area (Å²) in [7, 11) is 0. The number of piperidine rings is 1. The van der Waals surface area contributed by atoms with Gasteiger partial charge in [-0.05, 0) is 75.3 Å². The van der Waals surface area contributed by atoms with E-state index < -0.39 is 17.2 Å². The molecular formula is C28H36ClN3O3. The second-order valence-corrected chi connectivity index (χ2v) is 10.8. The van der Waals surface area contributed by atoms with Crippen molar-refractivity contribution in [2.75, 3.05) is 31.2 Å². The molecule has 1 unspecified atom stereocenters. The second-order valence-electron chi connectivity index (χ2n) is 10.4. The van der Waals surface area contributed by atoms with E-state index in [-0.39, 0.29) is 5.91 Å². The molecule has 188 valence electrons. The van der Waals surface area contributed by atoms with Crippen molar-refractivity contribution in [2.24, 2.45) is 0 Å². The van der Waals surface area contributed by atoms with Crippen LogP contribution in [0.4, 0.5) is 5.69 Å². The van der Waals surface area contributed by atoms with Crippen molar-refractivity contribution in [3.63, 3.8) is 0 Å². The topological polar surface area (TPSA) is 65.0 Å². The van der Waals surface area contributed by atoms with Gasteiger partial charge in [-0.15, -0.1) is 0 Å². The quantitative estimate of drug-likeness (QED) is 0.614. The Morgan fingerprint density at radius 1 is 1.06 bits per heavy atom. The number of aliphatic hydroxyl groups excluding tert-OH is 1. The molecule has 2 saturated heterocycles. The molecule has 1 aliphatic carbocycles. The molecule has 2 N–H and O–H groups in total. The lowest BCUT2D eigenvalue weighted by atomic mass is 9.79. The largest absolute Gasteiger partial charge is 0.483 e. The van der Waals surface area contributed by atoms with E-state index in [1.165, 1.54) is 0 Å². The Morgan fingerprint density at radius 2 is 1.77 bits per heavy atom. The molecule has 2 aromatic carbocycles.